The number of hydrogen-bond acceptors (Lipinski definition) is 3. The fraction of sp³-hybridized carbons (Fsp3) is 0.632. The van der Waals surface area contributed by atoms with E-state index in [0.29, 0.717) is 19.7 Å². The van der Waals surface area contributed by atoms with Crippen LogP contribution in [0.4, 0.5) is 0 Å². The maximum atomic E-state index is 12.2. The molecule has 0 radical (unpaired) electrons. The Morgan fingerprint density at radius 3 is 2.88 bits per heavy atom. The summed E-state index contributed by atoms with van der Waals surface area (Å²) >= 11 is 0. The average Bonchev–Trinajstić information content (AvgIpc) is 2.93. The zero-order valence-electron chi connectivity index (χ0n) is 14.8. The maximum Gasteiger partial charge on any atom is 0.275 e. The quantitative estimate of drug-likeness (QED) is 0.819. The number of nitrogens with one attached hydrogen (secondary N) is 2. The van der Waals surface area contributed by atoms with Gasteiger partial charge in [0.2, 0.25) is 0 Å². The number of quaternary nitrogens is 1. The molecular weight excluding hydrogens is 304 g/mol. The first kappa shape index (κ1) is 17.1. The lowest BCUT2D eigenvalue weighted by atomic mass is 10.1. The number of rotatable bonds is 6. The number of piperidine rings is 1. The normalized spacial score (nSPS) is 20.3. The molecule has 0 aliphatic carbocycles. The monoisotopic (exact) mass is 333 g/mol. The van der Waals surface area contributed by atoms with Crippen LogP contribution in [0, 0.1) is 0 Å². The van der Waals surface area contributed by atoms with Crippen molar-refractivity contribution in [2.45, 2.75) is 52.2 Å². The van der Waals surface area contributed by atoms with Crippen LogP contribution in [0.15, 0.2) is 12.1 Å². The van der Waals surface area contributed by atoms with Gasteiger partial charge in [-0.1, -0.05) is 0 Å². The minimum Gasteiger partial charge on any atom is -0.494 e. The van der Waals surface area contributed by atoms with Crippen molar-refractivity contribution in [1.29, 1.82) is 0 Å². The van der Waals surface area contributed by atoms with E-state index < -0.39 is 0 Å². The number of benzene rings is 1. The molecule has 2 heterocycles. The summed E-state index contributed by atoms with van der Waals surface area (Å²) in [4.78, 5) is 13.6. The van der Waals surface area contributed by atoms with Crippen LogP contribution in [0.2, 0.25) is 0 Å². The van der Waals surface area contributed by atoms with Crippen LogP contribution in [0.25, 0.3) is 0 Å². The first-order valence-electron chi connectivity index (χ1n) is 9.21. The SMILES string of the molecule is CCOc1cc2c(cc1CNC(=O)C[NH+]1CCCCC1)O[C@@H](C)C2. The zero-order chi connectivity index (χ0) is 16.9. The molecule has 2 N–H and O–H groups in total. The molecule has 1 aromatic carbocycles. The van der Waals surface area contributed by atoms with E-state index in [0.717, 1.165) is 36.6 Å². The molecule has 0 saturated carbocycles. The van der Waals surface area contributed by atoms with Gasteiger partial charge in [0.05, 0.1) is 19.7 Å². The summed E-state index contributed by atoms with van der Waals surface area (Å²) in [6, 6.07) is 4.09. The van der Waals surface area contributed by atoms with E-state index in [2.05, 4.69) is 18.3 Å². The third-order valence-corrected chi connectivity index (χ3v) is 4.83. The van der Waals surface area contributed by atoms with Gasteiger partial charge in [0.15, 0.2) is 6.54 Å². The Bertz CT molecular complexity index is 582. The molecule has 0 bridgehead atoms. The second kappa shape index (κ2) is 7.88. The van der Waals surface area contributed by atoms with E-state index in [-0.39, 0.29) is 12.0 Å². The van der Waals surface area contributed by atoms with Crippen molar-refractivity contribution in [1.82, 2.24) is 5.32 Å². The predicted molar refractivity (Wildman–Crippen MR) is 92.7 cm³/mol. The molecule has 1 saturated heterocycles. The van der Waals surface area contributed by atoms with E-state index >= 15 is 0 Å². The van der Waals surface area contributed by atoms with Gasteiger partial charge in [-0.05, 0) is 45.2 Å². The van der Waals surface area contributed by atoms with Gasteiger partial charge in [0.25, 0.3) is 5.91 Å². The van der Waals surface area contributed by atoms with E-state index in [1.807, 2.05) is 13.0 Å². The molecule has 132 valence electrons. The van der Waals surface area contributed by atoms with Crippen molar-refractivity contribution in [3.63, 3.8) is 0 Å². The molecule has 1 amide bonds. The van der Waals surface area contributed by atoms with Crippen molar-refractivity contribution < 1.29 is 19.2 Å². The molecule has 24 heavy (non-hydrogen) atoms. The highest BCUT2D eigenvalue weighted by molar-refractivity contribution is 5.76. The molecule has 1 fully saturated rings. The Morgan fingerprint density at radius 2 is 2.12 bits per heavy atom. The lowest BCUT2D eigenvalue weighted by molar-refractivity contribution is -0.896. The van der Waals surface area contributed by atoms with E-state index in [1.165, 1.54) is 29.7 Å². The molecule has 1 atom stereocenters. The third kappa shape index (κ3) is 4.20. The summed E-state index contributed by atoms with van der Waals surface area (Å²) in [5, 5.41) is 3.05. The average molecular weight is 333 g/mol. The van der Waals surface area contributed by atoms with Gasteiger partial charge >= 0.3 is 0 Å². The Kier molecular flexibility index (Phi) is 5.61. The summed E-state index contributed by atoms with van der Waals surface area (Å²) in [5.74, 6) is 1.90. The summed E-state index contributed by atoms with van der Waals surface area (Å²) in [6.45, 7) is 7.96. The largest absolute Gasteiger partial charge is 0.494 e. The van der Waals surface area contributed by atoms with Gasteiger partial charge in [-0.25, -0.2) is 0 Å². The summed E-state index contributed by atoms with van der Waals surface area (Å²) in [7, 11) is 0. The molecule has 1 aromatic rings. The fourth-order valence-corrected chi connectivity index (χ4v) is 3.62. The highest BCUT2D eigenvalue weighted by Gasteiger charge is 2.22. The van der Waals surface area contributed by atoms with Crippen LogP contribution in [0.5, 0.6) is 11.5 Å². The smallest absolute Gasteiger partial charge is 0.275 e. The number of likely N-dealkylation sites (tertiary alicyclic amines) is 1. The summed E-state index contributed by atoms with van der Waals surface area (Å²) in [5.41, 5.74) is 2.19. The Morgan fingerprint density at radius 1 is 1.33 bits per heavy atom. The lowest BCUT2D eigenvalue weighted by Gasteiger charge is -2.23. The molecule has 0 spiro atoms. The van der Waals surface area contributed by atoms with Crippen LogP contribution >= 0.6 is 0 Å². The minimum absolute atomic E-state index is 0.115. The fourth-order valence-electron chi connectivity index (χ4n) is 3.62. The standard InChI is InChI=1S/C19H28N2O3/c1-3-23-17-10-15-9-14(2)24-18(15)11-16(17)12-20-19(22)13-21-7-5-4-6-8-21/h10-11,14H,3-9,12-13H2,1-2H3,(H,20,22)/p+1/t14-/m0/s1. The van der Waals surface area contributed by atoms with Crippen LogP contribution < -0.4 is 19.7 Å². The highest BCUT2D eigenvalue weighted by Crippen LogP contribution is 2.35. The van der Waals surface area contributed by atoms with Gasteiger partial charge in [-0.3, -0.25) is 4.79 Å². The number of hydrogen-bond donors (Lipinski definition) is 2. The lowest BCUT2D eigenvalue weighted by Crippen LogP contribution is -3.13. The van der Waals surface area contributed by atoms with Crippen molar-refractivity contribution >= 4 is 5.91 Å². The van der Waals surface area contributed by atoms with Crippen LogP contribution in [-0.4, -0.2) is 38.3 Å². The second-order valence-corrected chi connectivity index (χ2v) is 6.90. The van der Waals surface area contributed by atoms with Gasteiger partial charge in [0.1, 0.15) is 17.6 Å². The van der Waals surface area contributed by atoms with Gasteiger partial charge in [-0.2, -0.15) is 0 Å². The van der Waals surface area contributed by atoms with E-state index in [4.69, 9.17) is 9.47 Å². The molecular formula is C19H29N2O3+. The Balaban J connectivity index is 1.61. The Hall–Kier alpha value is -1.75. The number of carbonyl (C=O) groups is 1. The zero-order valence-corrected chi connectivity index (χ0v) is 14.8. The number of amides is 1. The molecule has 3 rings (SSSR count). The molecule has 2 aliphatic rings. The third-order valence-electron chi connectivity index (χ3n) is 4.83. The maximum absolute atomic E-state index is 12.2. The molecule has 0 aromatic heterocycles. The molecule has 5 nitrogen and oxygen atoms in total. The second-order valence-electron chi connectivity index (χ2n) is 6.90. The van der Waals surface area contributed by atoms with Gasteiger partial charge in [-0.15, -0.1) is 0 Å². The first-order chi connectivity index (χ1) is 11.7. The van der Waals surface area contributed by atoms with E-state index in [9.17, 15) is 4.79 Å². The molecule has 2 aliphatic heterocycles. The number of fused-ring (bicyclic) bond motifs is 1. The Labute approximate surface area is 144 Å². The summed E-state index contributed by atoms with van der Waals surface area (Å²) < 4.78 is 11.6. The predicted octanol–water partition coefficient (Wildman–Crippen LogP) is 1.09. The van der Waals surface area contributed by atoms with E-state index in [1.54, 1.807) is 0 Å². The molecule has 0 unspecified atom stereocenters. The van der Waals surface area contributed by atoms with Crippen molar-refractivity contribution in [3.05, 3.63) is 23.3 Å². The van der Waals surface area contributed by atoms with Crippen molar-refractivity contribution in [3.8, 4) is 11.5 Å². The number of ether oxygens (including phenoxy) is 2. The van der Waals surface area contributed by atoms with Gasteiger partial charge in [0, 0.05) is 24.1 Å². The minimum atomic E-state index is 0.115. The van der Waals surface area contributed by atoms with Crippen LogP contribution in [0.1, 0.15) is 44.2 Å². The van der Waals surface area contributed by atoms with Crippen molar-refractivity contribution in [2.75, 3.05) is 26.2 Å². The topological polar surface area (TPSA) is 52.0 Å². The molecule has 5 heteroatoms. The van der Waals surface area contributed by atoms with Crippen LogP contribution in [0.3, 0.4) is 0 Å². The van der Waals surface area contributed by atoms with Crippen molar-refractivity contribution in [2.24, 2.45) is 0 Å². The summed E-state index contributed by atoms with van der Waals surface area (Å²) in [6.07, 6.45) is 4.90. The van der Waals surface area contributed by atoms with Crippen LogP contribution in [-0.2, 0) is 17.8 Å². The van der Waals surface area contributed by atoms with Gasteiger partial charge < -0.3 is 19.7 Å². The first-order valence-corrected chi connectivity index (χ1v) is 9.21. The number of carbonyl (C=O) groups excluding carboxylic acids is 1. The highest BCUT2D eigenvalue weighted by atomic mass is 16.5.